The molecule has 1 aromatic carbocycles. The fourth-order valence-electron chi connectivity index (χ4n) is 2.31. The first-order valence-electron chi connectivity index (χ1n) is 6.93. The third-order valence-electron chi connectivity index (χ3n) is 3.22. The summed E-state index contributed by atoms with van der Waals surface area (Å²) in [6.07, 6.45) is 0. The summed E-state index contributed by atoms with van der Waals surface area (Å²) < 4.78 is 5.91. The van der Waals surface area contributed by atoms with Crippen molar-refractivity contribution in [1.29, 1.82) is 0 Å². The number of amides is 1. The summed E-state index contributed by atoms with van der Waals surface area (Å²) in [7, 11) is 3.51. The number of carbonyl (C=O) groups excluding carboxylic acids is 1. The predicted molar refractivity (Wildman–Crippen MR) is 88.0 cm³/mol. The monoisotopic (exact) mass is 357 g/mol. The molecule has 6 heteroatoms. The van der Waals surface area contributed by atoms with Crippen LogP contribution in [0.3, 0.4) is 0 Å². The molecule has 5 nitrogen and oxygen atoms in total. The van der Waals surface area contributed by atoms with E-state index >= 15 is 0 Å². The number of hydrogen-bond donors (Lipinski definition) is 2. The molecule has 2 atom stereocenters. The summed E-state index contributed by atoms with van der Waals surface area (Å²) >= 11 is 3.55. The van der Waals surface area contributed by atoms with Crippen LogP contribution in [0.4, 0.5) is 0 Å². The number of nitrogens with zero attached hydrogens (tertiary/aromatic N) is 1. The Kier molecular flexibility index (Phi) is 7.88. The third-order valence-corrected chi connectivity index (χ3v) is 3.94. The van der Waals surface area contributed by atoms with Gasteiger partial charge in [0.05, 0.1) is 19.2 Å². The SMILES string of the molecule is COCCNC(=O)CN(C)C(c1ccccc1Br)C(C)N. The molecule has 21 heavy (non-hydrogen) atoms. The Morgan fingerprint density at radius 2 is 2.14 bits per heavy atom. The van der Waals surface area contributed by atoms with Crippen LogP contribution in [0.25, 0.3) is 0 Å². The van der Waals surface area contributed by atoms with Crippen molar-refractivity contribution in [3.05, 3.63) is 34.3 Å². The molecule has 0 heterocycles. The van der Waals surface area contributed by atoms with Crippen molar-refractivity contribution in [3.8, 4) is 0 Å². The minimum Gasteiger partial charge on any atom is -0.383 e. The fraction of sp³-hybridized carbons (Fsp3) is 0.533. The van der Waals surface area contributed by atoms with Gasteiger partial charge < -0.3 is 15.8 Å². The van der Waals surface area contributed by atoms with E-state index in [9.17, 15) is 4.79 Å². The number of rotatable bonds is 8. The molecule has 0 aliphatic heterocycles. The highest BCUT2D eigenvalue weighted by atomic mass is 79.9. The van der Waals surface area contributed by atoms with E-state index in [1.54, 1.807) is 7.11 Å². The van der Waals surface area contributed by atoms with Crippen molar-refractivity contribution in [2.75, 3.05) is 33.9 Å². The number of carbonyl (C=O) groups is 1. The van der Waals surface area contributed by atoms with Gasteiger partial charge in [0.1, 0.15) is 0 Å². The van der Waals surface area contributed by atoms with Gasteiger partial charge in [-0.2, -0.15) is 0 Å². The fourth-order valence-corrected chi connectivity index (χ4v) is 2.83. The first kappa shape index (κ1) is 18.1. The molecule has 0 saturated heterocycles. The number of likely N-dealkylation sites (N-methyl/N-ethyl adjacent to an activating group) is 1. The lowest BCUT2D eigenvalue weighted by Gasteiger charge is -2.31. The largest absolute Gasteiger partial charge is 0.383 e. The minimum atomic E-state index is -0.0968. The normalized spacial score (nSPS) is 14.0. The molecule has 0 saturated carbocycles. The molecule has 0 fully saturated rings. The second-order valence-electron chi connectivity index (χ2n) is 5.08. The molecule has 2 unspecified atom stereocenters. The minimum absolute atomic E-state index is 0.0336. The predicted octanol–water partition coefficient (Wildman–Crippen LogP) is 1.53. The molecular weight excluding hydrogens is 334 g/mol. The smallest absolute Gasteiger partial charge is 0.234 e. The van der Waals surface area contributed by atoms with Crippen molar-refractivity contribution < 1.29 is 9.53 Å². The van der Waals surface area contributed by atoms with Crippen molar-refractivity contribution in [2.24, 2.45) is 5.73 Å². The Hall–Kier alpha value is -0.950. The Labute approximate surface area is 135 Å². The number of benzene rings is 1. The van der Waals surface area contributed by atoms with Crippen LogP contribution >= 0.6 is 15.9 Å². The van der Waals surface area contributed by atoms with Gasteiger partial charge in [0.25, 0.3) is 0 Å². The summed E-state index contributed by atoms with van der Waals surface area (Å²) in [5.41, 5.74) is 7.20. The summed E-state index contributed by atoms with van der Waals surface area (Å²) in [6, 6.07) is 7.81. The Morgan fingerprint density at radius 1 is 1.48 bits per heavy atom. The van der Waals surface area contributed by atoms with Crippen LogP contribution in [0.5, 0.6) is 0 Å². The second-order valence-corrected chi connectivity index (χ2v) is 5.94. The average molecular weight is 358 g/mol. The molecule has 3 N–H and O–H groups in total. The lowest BCUT2D eigenvalue weighted by molar-refractivity contribution is -0.122. The van der Waals surface area contributed by atoms with Gasteiger partial charge in [-0.15, -0.1) is 0 Å². The van der Waals surface area contributed by atoms with E-state index in [1.165, 1.54) is 0 Å². The van der Waals surface area contributed by atoms with E-state index in [1.807, 2.05) is 43.1 Å². The molecule has 1 rings (SSSR count). The van der Waals surface area contributed by atoms with Crippen LogP contribution < -0.4 is 11.1 Å². The maximum Gasteiger partial charge on any atom is 0.234 e. The van der Waals surface area contributed by atoms with Crippen LogP contribution in [0.2, 0.25) is 0 Å². The molecule has 0 bridgehead atoms. The molecule has 1 amide bonds. The molecule has 118 valence electrons. The Balaban J connectivity index is 2.73. The first-order chi connectivity index (χ1) is 9.97. The van der Waals surface area contributed by atoms with Gasteiger partial charge in [0.15, 0.2) is 0 Å². The molecule has 0 aliphatic rings. The van der Waals surface area contributed by atoms with Gasteiger partial charge in [-0.05, 0) is 25.6 Å². The van der Waals surface area contributed by atoms with Crippen LogP contribution in [-0.2, 0) is 9.53 Å². The first-order valence-corrected chi connectivity index (χ1v) is 7.72. The number of ether oxygens (including phenoxy) is 1. The van der Waals surface area contributed by atoms with Crippen molar-refractivity contribution >= 4 is 21.8 Å². The van der Waals surface area contributed by atoms with Gasteiger partial charge in [-0.1, -0.05) is 34.1 Å². The maximum absolute atomic E-state index is 11.9. The van der Waals surface area contributed by atoms with Crippen LogP contribution in [0.1, 0.15) is 18.5 Å². The lowest BCUT2D eigenvalue weighted by atomic mass is 9.99. The molecule has 1 aromatic rings. The zero-order valence-corrected chi connectivity index (χ0v) is 14.4. The average Bonchev–Trinajstić information content (AvgIpc) is 2.41. The quantitative estimate of drug-likeness (QED) is 0.692. The Bertz CT molecular complexity index is 454. The van der Waals surface area contributed by atoms with Crippen LogP contribution in [0.15, 0.2) is 28.7 Å². The molecule has 0 spiro atoms. The molecular formula is C15H24BrN3O2. The van der Waals surface area contributed by atoms with Gasteiger partial charge in [-0.3, -0.25) is 9.69 Å². The maximum atomic E-state index is 11.9. The van der Waals surface area contributed by atoms with E-state index < -0.39 is 0 Å². The van der Waals surface area contributed by atoms with E-state index in [0.29, 0.717) is 13.2 Å². The number of nitrogens with one attached hydrogen (secondary N) is 1. The molecule has 0 radical (unpaired) electrons. The summed E-state index contributed by atoms with van der Waals surface area (Å²) in [6.45, 7) is 3.26. The summed E-state index contributed by atoms with van der Waals surface area (Å²) in [5.74, 6) is -0.0350. The van der Waals surface area contributed by atoms with E-state index in [2.05, 4.69) is 21.2 Å². The summed E-state index contributed by atoms with van der Waals surface area (Å²) in [4.78, 5) is 13.9. The van der Waals surface area contributed by atoms with Crippen LogP contribution in [-0.4, -0.2) is 50.7 Å². The standard InChI is InChI=1S/C15H24BrN3O2/c1-11(17)15(12-6-4-5-7-13(12)16)19(2)10-14(20)18-8-9-21-3/h4-7,11,15H,8-10,17H2,1-3H3,(H,18,20). The van der Waals surface area contributed by atoms with Gasteiger partial charge >= 0.3 is 0 Å². The third kappa shape index (κ3) is 5.74. The van der Waals surface area contributed by atoms with E-state index in [0.717, 1.165) is 10.0 Å². The van der Waals surface area contributed by atoms with E-state index in [-0.39, 0.29) is 24.5 Å². The van der Waals surface area contributed by atoms with E-state index in [4.69, 9.17) is 10.5 Å². The van der Waals surface area contributed by atoms with Gasteiger partial charge in [-0.25, -0.2) is 0 Å². The highest BCUT2D eigenvalue weighted by Crippen LogP contribution is 2.28. The highest BCUT2D eigenvalue weighted by Gasteiger charge is 2.24. The van der Waals surface area contributed by atoms with Crippen molar-refractivity contribution in [2.45, 2.75) is 19.0 Å². The number of nitrogens with two attached hydrogens (primary N) is 1. The Morgan fingerprint density at radius 3 is 2.71 bits per heavy atom. The van der Waals surface area contributed by atoms with Crippen LogP contribution in [0, 0.1) is 0 Å². The number of methoxy groups -OCH3 is 1. The lowest BCUT2D eigenvalue weighted by Crippen LogP contribution is -2.43. The zero-order valence-electron chi connectivity index (χ0n) is 12.8. The topological polar surface area (TPSA) is 67.6 Å². The van der Waals surface area contributed by atoms with Gasteiger partial charge in [0, 0.05) is 24.2 Å². The highest BCUT2D eigenvalue weighted by molar-refractivity contribution is 9.10. The number of halogens is 1. The second kappa shape index (κ2) is 9.15. The molecule has 0 aliphatic carbocycles. The van der Waals surface area contributed by atoms with Crippen molar-refractivity contribution in [3.63, 3.8) is 0 Å². The van der Waals surface area contributed by atoms with Crippen molar-refractivity contribution in [1.82, 2.24) is 10.2 Å². The number of hydrogen-bond acceptors (Lipinski definition) is 4. The molecule has 0 aromatic heterocycles. The summed E-state index contributed by atoms with van der Waals surface area (Å²) in [5, 5.41) is 2.82. The zero-order chi connectivity index (χ0) is 15.8. The van der Waals surface area contributed by atoms with Gasteiger partial charge in [0.2, 0.25) is 5.91 Å².